The molecule has 0 bridgehead atoms. The summed E-state index contributed by atoms with van der Waals surface area (Å²) in [6.45, 7) is 0. The van der Waals surface area contributed by atoms with Crippen molar-refractivity contribution in [1.82, 2.24) is 9.13 Å². The van der Waals surface area contributed by atoms with Crippen LogP contribution < -0.4 is 11.1 Å². The topological polar surface area (TPSA) is 61.1 Å². The van der Waals surface area contributed by atoms with E-state index in [0.29, 0.717) is 22.5 Å². The first-order chi connectivity index (χ1) is 12.5. The smallest absolute Gasteiger partial charge is 0.262 e. The van der Waals surface area contributed by atoms with Crippen molar-refractivity contribution in [1.29, 1.82) is 0 Å². The Bertz CT molecular complexity index is 1120. The Kier molecular flexibility index (Phi) is 3.58. The van der Waals surface area contributed by atoms with Gasteiger partial charge in [-0.2, -0.15) is 0 Å². The van der Waals surface area contributed by atoms with E-state index >= 15 is 0 Å². The van der Waals surface area contributed by atoms with Crippen LogP contribution in [0.4, 0.5) is 0 Å². The number of rotatable bonds is 2. The quantitative estimate of drug-likeness (QED) is 0.525. The predicted molar refractivity (Wildman–Crippen MR) is 100 cm³/mol. The lowest BCUT2D eigenvalue weighted by Crippen LogP contribution is -2.23. The van der Waals surface area contributed by atoms with Crippen LogP contribution in [0.2, 0.25) is 0 Å². The first-order valence-electron chi connectivity index (χ1n) is 8.22. The van der Waals surface area contributed by atoms with Gasteiger partial charge in [0.1, 0.15) is 0 Å². The average Bonchev–Trinajstić information content (AvgIpc) is 2.90. The van der Waals surface area contributed by atoms with Gasteiger partial charge in [-0.15, -0.1) is 0 Å². The molecule has 0 N–H and O–H groups in total. The van der Waals surface area contributed by atoms with E-state index in [2.05, 4.69) is 0 Å². The molecule has 2 aliphatic heterocycles. The Morgan fingerprint density at radius 1 is 0.654 bits per heavy atom. The van der Waals surface area contributed by atoms with Gasteiger partial charge in [-0.3, -0.25) is 14.4 Å². The summed E-state index contributed by atoms with van der Waals surface area (Å²) >= 11 is 0. The van der Waals surface area contributed by atoms with Crippen molar-refractivity contribution >= 4 is 5.78 Å². The van der Waals surface area contributed by atoms with E-state index in [4.69, 9.17) is 0 Å². The molecule has 2 heterocycles. The summed E-state index contributed by atoms with van der Waals surface area (Å²) in [6, 6.07) is 17.9. The lowest BCUT2D eigenvalue weighted by Gasteiger charge is -2.00. The zero-order chi connectivity index (χ0) is 18.4. The molecule has 0 fully saturated rings. The average molecular weight is 344 g/mol. The van der Waals surface area contributed by atoms with Crippen LogP contribution in [0.5, 0.6) is 0 Å². The van der Waals surface area contributed by atoms with Gasteiger partial charge >= 0.3 is 0 Å². The monoisotopic (exact) mass is 344 g/mol. The Morgan fingerprint density at radius 2 is 1.04 bits per heavy atom. The standard InChI is InChI=1S/C21H16N2O3/c1-22-15-11-7-3-5-9-13(15)17(20(22)25)19(24)18-14-10-6-4-8-12-16(14)23(2)21(18)26/h3-12H,1-2H3. The van der Waals surface area contributed by atoms with E-state index in [-0.39, 0.29) is 11.1 Å². The molecule has 5 heteroatoms. The van der Waals surface area contributed by atoms with Crippen LogP contribution in [0.1, 0.15) is 15.9 Å². The van der Waals surface area contributed by atoms with Crippen molar-refractivity contribution in [3.8, 4) is 22.5 Å². The van der Waals surface area contributed by atoms with Gasteiger partial charge in [-0.25, -0.2) is 0 Å². The Hall–Kier alpha value is -3.47. The Labute approximate surface area is 149 Å². The highest BCUT2D eigenvalue weighted by Crippen LogP contribution is 2.29. The summed E-state index contributed by atoms with van der Waals surface area (Å²) in [5, 5.41) is 0. The molecule has 4 aliphatic rings. The number of carbonyl (C=O) groups excluding carboxylic acids is 1. The number of fused-ring (bicyclic) bond motifs is 2. The van der Waals surface area contributed by atoms with Gasteiger partial charge in [-0.05, 0) is 12.1 Å². The molecule has 0 amide bonds. The van der Waals surface area contributed by atoms with Crippen LogP contribution in [0.15, 0.2) is 70.3 Å². The third kappa shape index (κ3) is 2.14. The number of hydrogen-bond donors (Lipinski definition) is 0. The molecule has 0 radical (unpaired) electrons. The van der Waals surface area contributed by atoms with E-state index in [1.54, 1.807) is 50.5 Å². The van der Waals surface area contributed by atoms with E-state index in [1.165, 1.54) is 9.13 Å². The molecule has 128 valence electrons. The zero-order valence-corrected chi connectivity index (χ0v) is 14.4. The van der Waals surface area contributed by atoms with E-state index in [9.17, 15) is 14.4 Å². The van der Waals surface area contributed by atoms with Crippen molar-refractivity contribution in [2.24, 2.45) is 14.1 Å². The van der Waals surface area contributed by atoms with E-state index in [0.717, 1.165) is 0 Å². The minimum absolute atomic E-state index is 0.0369. The van der Waals surface area contributed by atoms with Crippen LogP contribution in [-0.4, -0.2) is 14.9 Å². The maximum absolute atomic E-state index is 13.3. The van der Waals surface area contributed by atoms with Crippen LogP contribution >= 0.6 is 0 Å². The van der Waals surface area contributed by atoms with Crippen LogP contribution in [-0.2, 0) is 14.1 Å². The molecule has 26 heavy (non-hydrogen) atoms. The van der Waals surface area contributed by atoms with Crippen molar-refractivity contribution in [3.63, 3.8) is 0 Å². The summed E-state index contributed by atoms with van der Waals surface area (Å²) in [5.74, 6) is -0.534. The van der Waals surface area contributed by atoms with Gasteiger partial charge in [0, 0.05) is 25.2 Å². The van der Waals surface area contributed by atoms with E-state index < -0.39 is 16.9 Å². The summed E-state index contributed by atoms with van der Waals surface area (Å²) in [6.07, 6.45) is 0. The molecule has 5 nitrogen and oxygen atoms in total. The summed E-state index contributed by atoms with van der Waals surface area (Å²) < 4.78 is 2.89. The molecule has 4 rings (SSSR count). The minimum atomic E-state index is -0.534. The Morgan fingerprint density at radius 3 is 1.46 bits per heavy atom. The van der Waals surface area contributed by atoms with Crippen molar-refractivity contribution < 1.29 is 4.79 Å². The van der Waals surface area contributed by atoms with Crippen molar-refractivity contribution in [2.75, 3.05) is 0 Å². The zero-order valence-electron chi connectivity index (χ0n) is 14.4. The fraction of sp³-hybridized carbons (Fsp3) is 0.0952. The highest BCUT2D eigenvalue weighted by molar-refractivity contribution is 6.16. The molecule has 0 saturated heterocycles. The van der Waals surface area contributed by atoms with Crippen LogP contribution in [0, 0.1) is 0 Å². The highest BCUT2D eigenvalue weighted by atomic mass is 16.2. The molecule has 0 spiro atoms. The molecule has 0 atom stereocenters. The minimum Gasteiger partial charge on any atom is -0.311 e. The van der Waals surface area contributed by atoms with Gasteiger partial charge in [-0.1, -0.05) is 48.5 Å². The highest BCUT2D eigenvalue weighted by Gasteiger charge is 2.30. The lowest BCUT2D eigenvalue weighted by molar-refractivity contribution is 0.103. The molecule has 0 saturated carbocycles. The van der Waals surface area contributed by atoms with Crippen molar-refractivity contribution in [2.45, 2.75) is 0 Å². The molecule has 2 aliphatic carbocycles. The van der Waals surface area contributed by atoms with Gasteiger partial charge in [0.05, 0.1) is 22.5 Å². The second-order valence-electron chi connectivity index (χ2n) is 6.23. The number of aromatic nitrogens is 2. The second kappa shape index (κ2) is 5.81. The fourth-order valence-corrected chi connectivity index (χ4v) is 3.43. The maximum Gasteiger partial charge on any atom is 0.262 e. The van der Waals surface area contributed by atoms with Crippen molar-refractivity contribution in [3.05, 3.63) is 92.5 Å². The Balaban J connectivity index is 2.05. The normalized spacial score (nSPS) is 11.2. The number of ketones is 1. The van der Waals surface area contributed by atoms with Gasteiger partial charge < -0.3 is 9.13 Å². The van der Waals surface area contributed by atoms with Crippen LogP contribution in [0.3, 0.4) is 0 Å². The van der Waals surface area contributed by atoms with Gasteiger partial charge in [0.2, 0.25) is 5.78 Å². The summed E-state index contributed by atoms with van der Waals surface area (Å²) in [7, 11) is 3.26. The first kappa shape index (κ1) is 16.0. The van der Waals surface area contributed by atoms with Gasteiger partial charge in [0.25, 0.3) is 11.1 Å². The maximum atomic E-state index is 13.3. The third-order valence-electron chi connectivity index (χ3n) is 4.78. The number of nitrogens with zero attached hydrogens (tertiary/aromatic N) is 2. The molecular formula is C21H16N2O3. The van der Waals surface area contributed by atoms with Gasteiger partial charge in [0.15, 0.2) is 0 Å². The largest absolute Gasteiger partial charge is 0.311 e. The molecule has 0 aromatic rings. The second-order valence-corrected chi connectivity index (χ2v) is 6.23. The van der Waals surface area contributed by atoms with E-state index in [1.807, 2.05) is 24.3 Å². The predicted octanol–water partition coefficient (Wildman–Crippen LogP) is 2.52. The SMILES string of the molecule is Cn1c2cccccc-2c(C(=O)c2c3cccccc-3n(C)c2=O)c1=O. The molecule has 0 aromatic carbocycles. The fourth-order valence-electron chi connectivity index (χ4n) is 3.43. The lowest BCUT2D eigenvalue weighted by atomic mass is 9.99. The number of carbonyl (C=O) groups is 1. The molecule has 0 unspecified atom stereocenters. The summed E-state index contributed by atoms with van der Waals surface area (Å²) in [4.78, 5) is 38.8. The van der Waals surface area contributed by atoms with Crippen LogP contribution in [0.25, 0.3) is 22.5 Å². The molecule has 0 aromatic heterocycles. The third-order valence-corrected chi connectivity index (χ3v) is 4.78. The molecular weight excluding hydrogens is 328 g/mol. The number of hydrogen-bond acceptors (Lipinski definition) is 3. The summed E-state index contributed by atoms with van der Waals surface area (Å²) in [5.41, 5.74) is 1.68. The first-order valence-corrected chi connectivity index (χ1v) is 8.22.